The van der Waals surface area contributed by atoms with Crippen molar-refractivity contribution in [1.29, 1.82) is 0 Å². The van der Waals surface area contributed by atoms with E-state index in [1.165, 1.54) is 12.8 Å². The number of benzene rings is 1. The summed E-state index contributed by atoms with van der Waals surface area (Å²) in [4.78, 5) is 13.7. The fraction of sp³-hybridized carbons (Fsp3) is 0.556. The molecular formula is C18H24N4O2. The van der Waals surface area contributed by atoms with Crippen molar-refractivity contribution >= 4 is 16.9 Å². The molecule has 2 aliphatic rings. The number of anilines is 1. The Morgan fingerprint density at radius 3 is 2.75 bits per heavy atom. The summed E-state index contributed by atoms with van der Waals surface area (Å²) in [6.07, 6.45) is 4.23. The van der Waals surface area contributed by atoms with Gasteiger partial charge in [-0.1, -0.05) is 12.1 Å². The van der Waals surface area contributed by atoms with E-state index >= 15 is 0 Å². The van der Waals surface area contributed by atoms with E-state index in [0.29, 0.717) is 26.3 Å². The normalized spacial score (nSPS) is 26.0. The van der Waals surface area contributed by atoms with Gasteiger partial charge in [-0.25, -0.2) is 4.98 Å². The maximum Gasteiger partial charge on any atom is 0.148 e. The first-order valence-corrected chi connectivity index (χ1v) is 8.71. The molecule has 6 heteroatoms. The van der Waals surface area contributed by atoms with E-state index in [1.807, 2.05) is 24.3 Å². The van der Waals surface area contributed by atoms with Gasteiger partial charge in [0.05, 0.1) is 37.0 Å². The Morgan fingerprint density at radius 1 is 1.12 bits per heavy atom. The Labute approximate surface area is 142 Å². The first-order valence-electron chi connectivity index (χ1n) is 8.71. The van der Waals surface area contributed by atoms with Crippen LogP contribution in [-0.4, -0.2) is 71.5 Å². The summed E-state index contributed by atoms with van der Waals surface area (Å²) in [6, 6.07) is 7.86. The molecule has 2 aliphatic heterocycles. The number of ether oxygens (including phenoxy) is 1. The van der Waals surface area contributed by atoms with Crippen LogP contribution in [0.4, 0.5) is 5.82 Å². The number of fused-ring (bicyclic) bond motifs is 1. The Hall–Kier alpha value is -1.76. The molecule has 1 atom stereocenters. The van der Waals surface area contributed by atoms with Crippen LogP contribution in [0.15, 0.2) is 30.5 Å². The highest BCUT2D eigenvalue weighted by atomic mass is 16.5. The molecule has 3 heterocycles. The molecular weight excluding hydrogens is 304 g/mol. The summed E-state index contributed by atoms with van der Waals surface area (Å²) in [5, 5.41) is 11.1. The SMILES string of the molecule is OC1(CN2CCCC2)COCCN(c2cnc3ccccc3n2)C1. The molecule has 0 saturated carbocycles. The Kier molecular flexibility index (Phi) is 4.35. The van der Waals surface area contributed by atoms with E-state index in [-0.39, 0.29) is 0 Å². The van der Waals surface area contributed by atoms with Crippen LogP contribution < -0.4 is 4.90 Å². The first kappa shape index (κ1) is 15.7. The lowest BCUT2D eigenvalue weighted by Gasteiger charge is -2.34. The average molecular weight is 328 g/mol. The summed E-state index contributed by atoms with van der Waals surface area (Å²) < 4.78 is 5.69. The maximum atomic E-state index is 11.1. The number of aromatic nitrogens is 2. The zero-order valence-corrected chi connectivity index (χ0v) is 13.9. The third-order valence-corrected chi connectivity index (χ3v) is 4.84. The van der Waals surface area contributed by atoms with Gasteiger partial charge in [0, 0.05) is 13.1 Å². The summed E-state index contributed by atoms with van der Waals surface area (Å²) >= 11 is 0. The highest BCUT2D eigenvalue weighted by Gasteiger charge is 2.35. The lowest BCUT2D eigenvalue weighted by molar-refractivity contribution is -0.0439. The second kappa shape index (κ2) is 6.63. The quantitative estimate of drug-likeness (QED) is 0.916. The molecule has 0 amide bonds. The molecule has 2 fully saturated rings. The van der Waals surface area contributed by atoms with Crippen molar-refractivity contribution in [2.75, 3.05) is 50.8 Å². The van der Waals surface area contributed by atoms with Gasteiger partial charge in [-0.2, -0.15) is 0 Å². The number of para-hydroxylation sites is 2. The highest BCUT2D eigenvalue weighted by molar-refractivity contribution is 5.75. The number of nitrogens with zero attached hydrogens (tertiary/aromatic N) is 4. The zero-order valence-electron chi connectivity index (χ0n) is 13.9. The van der Waals surface area contributed by atoms with Crippen LogP contribution in [0.5, 0.6) is 0 Å². The molecule has 2 aromatic rings. The summed E-state index contributed by atoms with van der Waals surface area (Å²) in [5.41, 5.74) is 0.900. The van der Waals surface area contributed by atoms with E-state index in [4.69, 9.17) is 9.72 Å². The smallest absolute Gasteiger partial charge is 0.148 e. The van der Waals surface area contributed by atoms with Crippen LogP contribution in [-0.2, 0) is 4.74 Å². The molecule has 0 spiro atoms. The molecule has 6 nitrogen and oxygen atoms in total. The van der Waals surface area contributed by atoms with Crippen LogP contribution in [0.2, 0.25) is 0 Å². The van der Waals surface area contributed by atoms with Gasteiger partial charge in [-0.05, 0) is 38.1 Å². The van der Waals surface area contributed by atoms with Crippen LogP contribution >= 0.6 is 0 Å². The molecule has 2 saturated heterocycles. The second-order valence-electron chi connectivity index (χ2n) is 6.90. The lowest BCUT2D eigenvalue weighted by Crippen LogP contribution is -2.52. The van der Waals surface area contributed by atoms with Crippen molar-refractivity contribution in [1.82, 2.24) is 14.9 Å². The average Bonchev–Trinajstić information content (AvgIpc) is 3.02. The topological polar surface area (TPSA) is 61.7 Å². The van der Waals surface area contributed by atoms with Crippen molar-refractivity contribution in [3.8, 4) is 0 Å². The minimum Gasteiger partial charge on any atom is -0.384 e. The van der Waals surface area contributed by atoms with Gasteiger partial charge < -0.3 is 19.6 Å². The second-order valence-corrected chi connectivity index (χ2v) is 6.90. The van der Waals surface area contributed by atoms with Gasteiger partial charge in [0.1, 0.15) is 11.4 Å². The standard InChI is InChI=1S/C18H24N4O2/c23-18(12-21-7-3-4-8-21)13-22(9-10-24-14-18)17-11-19-15-5-1-2-6-16(15)20-17/h1-2,5-6,11,23H,3-4,7-10,12-14H2. The van der Waals surface area contributed by atoms with E-state index in [2.05, 4.69) is 14.8 Å². The molecule has 24 heavy (non-hydrogen) atoms. The predicted octanol–water partition coefficient (Wildman–Crippen LogP) is 1.29. The minimum atomic E-state index is -0.867. The van der Waals surface area contributed by atoms with Crippen molar-refractivity contribution in [3.05, 3.63) is 30.5 Å². The van der Waals surface area contributed by atoms with Gasteiger partial charge in [-0.15, -0.1) is 0 Å². The van der Waals surface area contributed by atoms with Gasteiger partial charge in [0.25, 0.3) is 0 Å². The van der Waals surface area contributed by atoms with Crippen molar-refractivity contribution < 1.29 is 9.84 Å². The van der Waals surface area contributed by atoms with E-state index in [0.717, 1.165) is 36.5 Å². The summed E-state index contributed by atoms with van der Waals surface area (Å²) in [5.74, 6) is 0.805. The Bertz CT molecular complexity index is 704. The highest BCUT2D eigenvalue weighted by Crippen LogP contribution is 2.22. The van der Waals surface area contributed by atoms with Crippen LogP contribution in [0, 0.1) is 0 Å². The summed E-state index contributed by atoms with van der Waals surface area (Å²) in [7, 11) is 0. The molecule has 1 N–H and O–H groups in total. The number of likely N-dealkylation sites (tertiary alicyclic amines) is 1. The van der Waals surface area contributed by atoms with Gasteiger partial charge in [-0.3, -0.25) is 4.98 Å². The van der Waals surface area contributed by atoms with Crippen molar-refractivity contribution in [2.45, 2.75) is 18.4 Å². The first-order chi connectivity index (χ1) is 11.7. The molecule has 0 aliphatic carbocycles. The third kappa shape index (κ3) is 3.36. The largest absolute Gasteiger partial charge is 0.384 e. The maximum absolute atomic E-state index is 11.1. The minimum absolute atomic E-state index is 0.376. The fourth-order valence-corrected chi connectivity index (χ4v) is 3.66. The zero-order chi connectivity index (χ0) is 16.4. The molecule has 1 aromatic heterocycles. The number of aliphatic hydroxyl groups is 1. The van der Waals surface area contributed by atoms with E-state index in [1.54, 1.807) is 6.20 Å². The number of rotatable bonds is 3. The van der Waals surface area contributed by atoms with Crippen molar-refractivity contribution in [3.63, 3.8) is 0 Å². The van der Waals surface area contributed by atoms with Crippen LogP contribution in [0.1, 0.15) is 12.8 Å². The van der Waals surface area contributed by atoms with Crippen LogP contribution in [0.25, 0.3) is 11.0 Å². The summed E-state index contributed by atoms with van der Waals surface area (Å²) in [6.45, 7) is 5.00. The Balaban J connectivity index is 1.56. The molecule has 1 aromatic carbocycles. The fourth-order valence-electron chi connectivity index (χ4n) is 3.66. The van der Waals surface area contributed by atoms with Gasteiger partial charge in [0.2, 0.25) is 0 Å². The molecule has 0 radical (unpaired) electrons. The molecule has 1 unspecified atom stereocenters. The van der Waals surface area contributed by atoms with Gasteiger partial charge in [0.15, 0.2) is 0 Å². The van der Waals surface area contributed by atoms with Crippen LogP contribution in [0.3, 0.4) is 0 Å². The van der Waals surface area contributed by atoms with E-state index in [9.17, 15) is 5.11 Å². The number of β-amino-alcohol motifs (C(OH)–C–C–N with tert-alkyl or cyclic N) is 1. The number of hydrogen-bond acceptors (Lipinski definition) is 6. The van der Waals surface area contributed by atoms with E-state index < -0.39 is 5.60 Å². The monoisotopic (exact) mass is 328 g/mol. The Morgan fingerprint density at radius 2 is 1.92 bits per heavy atom. The lowest BCUT2D eigenvalue weighted by atomic mass is 10.0. The third-order valence-electron chi connectivity index (χ3n) is 4.84. The predicted molar refractivity (Wildman–Crippen MR) is 93.2 cm³/mol. The molecule has 128 valence electrons. The molecule has 0 bridgehead atoms. The number of hydrogen-bond donors (Lipinski definition) is 1. The molecule has 4 rings (SSSR count). The van der Waals surface area contributed by atoms with Gasteiger partial charge >= 0.3 is 0 Å². The van der Waals surface area contributed by atoms with Crippen molar-refractivity contribution in [2.24, 2.45) is 0 Å².